The van der Waals surface area contributed by atoms with Crippen LogP contribution in [0.1, 0.15) is 12.6 Å². The number of nitrogens with one attached hydrogen (secondary N) is 1. The third kappa shape index (κ3) is 3.70. The van der Waals surface area contributed by atoms with Crippen LogP contribution in [0.3, 0.4) is 0 Å². The van der Waals surface area contributed by atoms with Gasteiger partial charge in [0.1, 0.15) is 11.9 Å². The van der Waals surface area contributed by atoms with Gasteiger partial charge in [-0.05, 0) is 6.42 Å². The molecule has 1 aromatic heterocycles. The van der Waals surface area contributed by atoms with E-state index in [0.717, 1.165) is 37.6 Å². The lowest BCUT2D eigenvalue weighted by molar-refractivity contribution is -0.139. The number of morpholine rings is 1. The van der Waals surface area contributed by atoms with Crippen molar-refractivity contribution < 1.29 is 14.6 Å². The van der Waals surface area contributed by atoms with Crippen LogP contribution in [0.15, 0.2) is 6.07 Å². The maximum Gasteiger partial charge on any atom is 0.322 e. The number of carbonyl (C=O) groups is 1. The average molecular weight is 321 g/mol. The van der Waals surface area contributed by atoms with Crippen molar-refractivity contribution >= 4 is 17.7 Å². The highest BCUT2D eigenvalue weighted by Crippen LogP contribution is 2.20. The first-order valence-corrected chi connectivity index (χ1v) is 8.09. The molecule has 0 amide bonds. The number of aryl methyl sites for hydroxylation is 1. The topological polar surface area (TPSA) is 90.8 Å². The summed E-state index contributed by atoms with van der Waals surface area (Å²) < 4.78 is 5.38. The van der Waals surface area contributed by atoms with E-state index in [4.69, 9.17) is 4.74 Å². The van der Waals surface area contributed by atoms with Gasteiger partial charge in [0.2, 0.25) is 5.95 Å². The zero-order chi connectivity index (χ0) is 16.2. The van der Waals surface area contributed by atoms with Gasteiger partial charge in [-0.25, -0.2) is 4.98 Å². The number of nitrogens with zero attached hydrogens (tertiary/aromatic N) is 4. The van der Waals surface area contributed by atoms with Gasteiger partial charge >= 0.3 is 5.97 Å². The van der Waals surface area contributed by atoms with Crippen molar-refractivity contribution in [3.63, 3.8) is 0 Å². The predicted octanol–water partition coefficient (Wildman–Crippen LogP) is -0.262. The summed E-state index contributed by atoms with van der Waals surface area (Å²) in [6, 6.07) is 1.41. The Labute approximate surface area is 135 Å². The number of rotatable bonds is 4. The number of ether oxygens (including phenoxy) is 1. The molecular weight excluding hydrogens is 298 g/mol. The summed E-state index contributed by atoms with van der Waals surface area (Å²) in [6.45, 7) is 6.79. The highest BCUT2D eigenvalue weighted by molar-refractivity contribution is 5.74. The van der Waals surface area contributed by atoms with Gasteiger partial charge in [0, 0.05) is 44.5 Å². The molecule has 2 aliphatic rings. The first-order chi connectivity index (χ1) is 11.2. The molecule has 0 unspecified atom stereocenters. The lowest BCUT2D eigenvalue weighted by Gasteiger charge is -2.33. The monoisotopic (exact) mass is 321 g/mol. The third-order valence-corrected chi connectivity index (χ3v) is 4.21. The van der Waals surface area contributed by atoms with Crippen LogP contribution in [0.5, 0.6) is 0 Å². The van der Waals surface area contributed by atoms with Crippen LogP contribution in [0, 0.1) is 0 Å². The van der Waals surface area contributed by atoms with E-state index in [1.54, 1.807) is 0 Å². The Hall–Kier alpha value is -1.93. The summed E-state index contributed by atoms with van der Waals surface area (Å²) in [4.78, 5) is 24.7. The second kappa shape index (κ2) is 7.10. The number of hydrogen-bond donors (Lipinski definition) is 2. The highest BCUT2D eigenvalue weighted by atomic mass is 16.5. The molecule has 0 radical (unpaired) electrons. The van der Waals surface area contributed by atoms with Crippen LogP contribution in [0.4, 0.5) is 11.8 Å². The zero-order valence-electron chi connectivity index (χ0n) is 13.4. The summed E-state index contributed by atoms with van der Waals surface area (Å²) >= 11 is 0. The van der Waals surface area contributed by atoms with Gasteiger partial charge in [-0.1, -0.05) is 6.92 Å². The predicted molar refractivity (Wildman–Crippen MR) is 86.1 cm³/mol. The number of carboxylic acids is 1. The van der Waals surface area contributed by atoms with Gasteiger partial charge in [-0.2, -0.15) is 4.98 Å². The standard InChI is InChI=1S/C15H23N5O3/c1-2-11-9-13(20-4-3-16-12(10-20)14(21)22)18-15(17-11)19-5-7-23-8-6-19/h9,12,16H,2-8,10H2,1H3,(H,21,22)/t12-/m1/s1. The van der Waals surface area contributed by atoms with Gasteiger partial charge in [-0.3, -0.25) is 4.79 Å². The molecule has 0 spiro atoms. The minimum absolute atomic E-state index is 0.415. The summed E-state index contributed by atoms with van der Waals surface area (Å²) in [6.07, 6.45) is 0.821. The number of carboxylic acid groups (broad SMARTS) is 1. The van der Waals surface area contributed by atoms with Crippen molar-refractivity contribution in [3.05, 3.63) is 11.8 Å². The Kier molecular flexibility index (Phi) is 4.92. The van der Waals surface area contributed by atoms with E-state index in [2.05, 4.69) is 27.1 Å². The molecule has 23 heavy (non-hydrogen) atoms. The molecule has 8 heteroatoms. The van der Waals surface area contributed by atoms with E-state index in [0.29, 0.717) is 32.3 Å². The van der Waals surface area contributed by atoms with Gasteiger partial charge in [0.15, 0.2) is 0 Å². The number of aliphatic carboxylic acids is 1. The van der Waals surface area contributed by atoms with Crippen molar-refractivity contribution in [2.24, 2.45) is 0 Å². The molecule has 8 nitrogen and oxygen atoms in total. The molecule has 0 bridgehead atoms. The highest BCUT2D eigenvalue weighted by Gasteiger charge is 2.26. The fraction of sp³-hybridized carbons (Fsp3) is 0.667. The third-order valence-electron chi connectivity index (χ3n) is 4.21. The van der Waals surface area contributed by atoms with Crippen molar-refractivity contribution in [1.82, 2.24) is 15.3 Å². The Morgan fingerprint density at radius 2 is 2.13 bits per heavy atom. The zero-order valence-corrected chi connectivity index (χ0v) is 13.4. The molecule has 2 saturated heterocycles. The van der Waals surface area contributed by atoms with Crippen molar-refractivity contribution in [2.75, 3.05) is 55.7 Å². The van der Waals surface area contributed by atoms with E-state index < -0.39 is 12.0 Å². The largest absolute Gasteiger partial charge is 0.480 e. The molecule has 1 atom stereocenters. The molecule has 3 heterocycles. The number of hydrogen-bond acceptors (Lipinski definition) is 7. The first-order valence-electron chi connectivity index (χ1n) is 8.09. The van der Waals surface area contributed by atoms with Gasteiger partial charge < -0.3 is 25.0 Å². The lowest BCUT2D eigenvalue weighted by Crippen LogP contribution is -2.54. The molecule has 0 aliphatic carbocycles. The molecule has 2 aliphatic heterocycles. The summed E-state index contributed by atoms with van der Waals surface area (Å²) in [5.41, 5.74) is 0.974. The normalized spacial score (nSPS) is 22.2. The van der Waals surface area contributed by atoms with Crippen LogP contribution in [-0.4, -0.2) is 73.0 Å². The maximum atomic E-state index is 11.2. The fourth-order valence-corrected chi connectivity index (χ4v) is 2.84. The quantitative estimate of drug-likeness (QED) is 0.784. The number of aromatic nitrogens is 2. The Balaban J connectivity index is 1.84. The molecule has 0 aromatic carbocycles. The van der Waals surface area contributed by atoms with Gasteiger partial charge in [0.05, 0.1) is 13.2 Å². The Morgan fingerprint density at radius 1 is 1.35 bits per heavy atom. The van der Waals surface area contributed by atoms with Crippen LogP contribution in [-0.2, 0) is 16.0 Å². The van der Waals surface area contributed by atoms with Crippen LogP contribution in [0.25, 0.3) is 0 Å². The van der Waals surface area contributed by atoms with Crippen molar-refractivity contribution in [1.29, 1.82) is 0 Å². The number of anilines is 2. The van der Waals surface area contributed by atoms with Crippen LogP contribution >= 0.6 is 0 Å². The molecule has 2 N–H and O–H groups in total. The Morgan fingerprint density at radius 3 is 2.83 bits per heavy atom. The SMILES string of the molecule is CCc1cc(N2CCN[C@@H](C(=O)O)C2)nc(N2CCOCC2)n1. The minimum Gasteiger partial charge on any atom is -0.480 e. The summed E-state index contributed by atoms with van der Waals surface area (Å²) in [5, 5.41) is 12.2. The molecule has 0 saturated carbocycles. The van der Waals surface area contributed by atoms with E-state index in [9.17, 15) is 9.90 Å². The van der Waals surface area contributed by atoms with Crippen molar-refractivity contribution in [3.8, 4) is 0 Å². The second-order valence-electron chi connectivity index (χ2n) is 5.76. The van der Waals surface area contributed by atoms with Crippen molar-refractivity contribution in [2.45, 2.75) is 19.4 Å². The number of piperazine rings is 1. The van der Waals surface area contributed by atoms with E-state index in [-0.39, 0.29) is 0 Å². The molecule has 2 fully saturated rings. The molecule has 1 aromatic rings. The van der Waals surface area contributed by atoms with Crippen LogP contribution in [0.2, 0.25) is 0 Å². The second-order valence-corrected chi connectivity index (χ2v) is 5.76. The maximum absolute atomic E-state index is 11.2. The molecule has 126 valence electrons. The van der Waals surface area contributed by atoms with Gasteiger partial charge in [0.25, 0.3) is 0 Å². The molecule has 3 rings (SSSR count). The first kappa shape index (κ1) is 15.9. The molecular formula is C15H23N5O3. The van der Waals surface area contributed by atoms with Gasteiger partial charge in [-0.15, -0.1) is 0 Å². The lowest BCUT2D eigenvalue weighted by atomic mass is 10.2. The Bertz CT molecular complexity index is 562. The minimum atomic E-state index is -0.826. The van der Waals surface area contributed by atoms with E-state index >= 15 is 0 Å². The van der Waals surface area contributed by atoms with Crippen LogP contribution < -0.4 is 15.1 Å². The van der Waals surface area contributed by atoms with E-state index in [1.165, 1.54) is 0 Å². The average Bonchev–Trinajstić information content (AvgIpc) is 2.62. The smallest absolute Gasteiger partial charge is 0.322 e. The summed E-state index contributed by atoms with van der Waals surface area (Å²) in [5.74, 6) is 0.701. The fourth-order valence-electron chi connectivity index (χ4n) is 2.84. The van der Waals surface area contributed by atoms with E-state index in [1.807, 2.05) is 11.0 Å². The summed E-state index contributed by atoms with van der Waals surface area (Å²) in [7, 11) is 0.